The first-order valence-corrected chi connectivity index (χ1v) is 8.69. The van der Waals surface area contributed by atoms with Crippen LogP contribution in [0.25, 0.3) is 0 Å². The van der Waals surface area contributed by atoms with Gasteiger partial charge in [-0.1, -0.05) is 41.9 Å². The number of benzene rings is 2. The Labute approximate surface area is 168 Å². The Hall–Kier alpha value is -2.15. The van der Waals surface area contributed by atoms with Crippen molar-refractivity contribution in [3.63, 3.8) is 0 Å². The van der Waals surface area contributed by atoms with Gasteiger partial charge in [0.15, 0.2) is 0 Å². The maximum absolute atomic E-state index is 13.9. The SMILES string of the molecule is Cl.NC(C(=O)N1CCN(C(=O)c2ccc(Cl)cc2F)CC1)c1ccccc1. The molecule has 1 heterocycles. The van der Waals surface area contributed by atoms with Crippen molar-refractivity contribution in [1.29, 1.82) is 0 Å². The Bertz CT molecular complexity index is 812. The van der Waals surface area contributed by atoms with Gasteiger partial charge in [0.1, 0.15) is 11.9 Å². The van der Waals surface area contributed by atoms with Crippen molar-refractivity contribution in [2.45, 2.75) is 6.04 Å². The number of nitrogens with two attached hydrogens (primary N) is 1. The van der Waals surface area contributed by atoms with Crippen molar-refractivity contribution in [2.24, 2.45) is 5.73 Å². The zero-order valence-corrected chi connectivity index (χ0v) is 16.0. The van der Waals surface area contributed by atoms with E-state index in [9.17, 15) is 14.0 Å². The first-order valence-electron chi connectivity index (χ1n) is 8.31. The van der Waals surface area contributed by atoms with Gasteiger partial charge in [0.25, 0.3) is 5.91 Å². The van der Waals surface area contributed by atoms with Gasteiger partial charge in [-0.25, -0.2) is 4.39 Å². The molecule has 2 aromatic rings. The quantitative estimate of drug-likeness (QED) is 0.843. The van der Waals surface area contributed by atoms with Gasteiger partial charge < -0.3 is 15.5 Å². The summed E-state index contributed by atoms with van der Waals surface area (Å²) in [6.45, 7) is 1.38. The fraction of sp³-hybridized carbons (Fsp3) is 0.263. The van der Waals surface area contributed by atoms with Crippen LogP contribution < -0.4 is 5.73 Å². The number of piperazine rings is 1. The lowest BCUT2D eigenvalue weighted by Gasteiger charge is -2.36. The normalized spacial score (nSPS) is 15.1. The summed E-state index contributed by atoms with van der Waals surface area (Å²) in [6.07, 6.45) is 0. The van der Waals surface area contributed by atoms with E-state index in [-0.39, 0.29) is 28.9 Å². The highest BCUT2D eigenvalue weighted by molar-refractivity contribution is 6.30. The number of nitrogens with zero attached hydrogens (tertiary/aromatic N) is 2. The molecule has 1 atom stereocenters. The topological polar surface area (TPSA) is 66.6 Å². The molecule has 0 radical (unpaired) electrons. The molecule has 0 spiro atoms. The zero-order chi connectivity index (χ0) is 18.7. The molecule has 8 heteroatoms. The predicted molar refractivity (Wildman–Crippen MR) is 105 cm³/mol. The van der Waals surface area contributed by atoms with E-state index in [1.807, 2.05) is 30.3 Å². The smallest absolute Gasteiger partial charge is 0.256 e. The molecule has 0 aromatic heterocycles. The van der Waals surface area contributed by atoms with Gasteiger partial charge in [-0.15, -0.1) is 12.4 Å². The molecule has 2 N–H and O–H groups in total. The first-order chi connectivity index (χ1) is 12.5. The highest BCUT2D eigenvalue weighted by atomic mass is 35.5. The molecule has 1 unspecified atom stereocenters. The van der Waals surface area contributed by atoms with Gasteiger partial charge in [0, 0.05) is 31.2 Å². The van der Waals surface area contributed by atoms with E-state index in [1.54, 1.807) is 4.90 Å². The van der Waals surface area contributed by atoms with Crippen molar-refractivity contribution in [1.82, 2.24) is 9.80 Å². The van der Waals surface area contributed by atoms with E-state index < -0.39 is 17.8 Å². The third kappa shape index (κ3) is 4.77. The number of carbonyl (C=O) groups is 2. The standard InChI is InChI=1S/C19H19ClFN3O2.ClH/c20-14-6-7-15(16(21)12-14)18(25)23-8-10-24(11-9-23)19(26)17(22)13-4-2-1-3-5-13;/h1-7,12,17H,8-11,22H2;1H. The molecule has 1 fully saturated rings. The van der Waals surface area contributed by atoms with Crippen LogP contribution in [0.5, 0.6) is 0 Å². The monoisotopic (exact) mass is 411 g/mol. The predicted octanol–water partition coefficient (Wildman–Crippen LogP) is 2.89. The number of halogens is 3. The second-order valence-electron chi connectivity index (χ2n) is 6.13. The average Bonchev–Trinajstić information content (AvgIpc) is 2.67. The van der Waals surface area contributed by atoms with Crippen LogP contribution in [0.1, 0.15) is 22.0 Å². The Balaban J connectivity index is 0.00000261. The lowest BCUT2D eigenvalue weighted by molar-refractivity contribution is -0.134. The molecular formula is C19H20Cl2FN3O2. The van der Waals surface area contributed by atoms with Crippen LogP contribution in [-0.4, -0.2) is 47.8 Å². The van der Waals surface area contributed by atoms with Crippen molar-refractivity contribution in [2.75, 3.05) is 26.2 Å². The fourth-order valence-corrected chi connectivity index (χ4v) is 3.12. The summed E-state index contributed by atoms with van der Waals surface area (Å²) in [5, 5.41) is 0.240. The Kier molecular flexibility index (Phi) is 7.18. The summed E-state index contributed by atoms with van der Waals surface area (Å²) >= 11 is 5.72. The molecule has 3 rings (SSSR count). The number of hydrogen-bond donors (Lipinski definition) is 1. The second-order valence-corrected chi connectivity index (χ2v) is 6.57. The molecule has 2 aromatic carbocycles. The van der Waals surface area contributed by atoms with Crippen LogP contribution in [0.3, 0.4) is 0 Å². The van der Waals surface area contributed by atoms with Gasteiger partial charge >= 0.3 is 0 Å². The van der Waals surface area contributed by atoms with Crippen molar-refractivity contribution >= 4 is 35.8 Å². The molecule has 1 saturated heterocycles. The summed E-state index contributed by atoms with van der Waals surface area (Å²) in [4.78, 5) is 28.2. The average molecular weight is 412 g/mol. The van der Waals surface area contributed by atoms with Gasteiger partial charge in [-0.05, 0) is 23.8 Å². The molecule has 5 nitrogen and oxygen atoms in total. The summed E-state index contributed by atoms with van der Waals surface area (Å²) < 4.78 is 13.9. The third-order valence-electron chi connectivity index (χ3n) is 4.46. The number of amides is 2. The van der Waals surface area contributed by atoms with Crippen molar-refractivity contribution in [3.8, 4) is 0 Å². The highest BCUT2D eigenvalue weighted by Gasteiger charge is 2.29. The molecule has 0 bridgehead atoms. The molecule has 1 aliphatic heterocycles. The zero-order valence-electron chi connectivity index (χ0n) is 14.5. The van der Waals surface area contributed by atoms with E-state index in [1.165, 1.54) is 17.0 Å². The van der Waals surface area contributed by atoms with E-state index in [0.29, 0.717) is 26.2 Å². The van der Waals surface area contributed by atoms with Crippen LogP contribution in [0, 0.1) is 5.82 Å². The largest absolute Gasteiger partial charge is 0.337 e. The van der Waals surface area contributed by atoms with E-state index in [2.05, 4.69) is 0 Å². The minimum atomic E-state index is -0.729. The van der Waals surface area contributed by atoms with Gasteiger partial charge in [-0.2, -0.15) is 0 Å². The summed E-state index contributed by atoms with van der Waals surface area (Å²) in [5.74, 6) is -1.23. The molecule has 27 heavy (non-hydrogen) atoms. The molecule has 0 aliphatic carbocycles. The lowest BCUT2D eigenvalue weighted by atomic mass is 10.1. The first kappa shape index (κ1) is 21.2. The number of rotatable bonds is 3. The maximum atomic E-state index is 13.9. The van der Waals surface area contributed by atoms with E-state index in [4.69, 9.17) is 17.3 Å². The Morgan fingerprint density at radius 1 is 1.00 bits per heavy atom. The maximum Gasteiger partial charge on any atom is 0.256 e. The highest BCUT2D eigenvalue weighted by Crippen LogP contribution is 2.19. The summed E-state index contributed by atoms with van der Waals surface area (Å²) in [7, 11) is 0. The third-order valence-corrected chi connectivity index (χ3v) is 4.70. The van der Waals surface area contributed by atoms with Gasteiger partial charge in [0.2, 0.25) is 5.91 Å². The Morgan fingerprint density at radius 2 is 1.59 bits per heavy atom. The fourth-order valence-electron chi connectivity index (χ4n) is 2.96. The van der Waals surface area contributed by atoms with E-state index in [0.717, 1.165) is 11.6 Å². The molecular weight excluding hydrogens is 392 g/mol. The summed E-state index contributed by atoms with van der Waals surface area (Å²) in [6, 6.07) is 12.4. The van der Waals surface area contributed by atoms with Crippen LogP contribution in [0.15, 0.2) is 48.5 Å². The van der Waals surface area contributed by atoms with Crippen molar-refractivity contribution in [3.05, 3.63) is 70.5 Å². The van der Waals surface area contributed by atoms with Crippen LogP contribution >= 0.6 is 24.0 Å². The van der Waals surface area contributed by atoms with Gasteiger partial charge in [-0.3, -0.25) is 9.59 Å². The summed E-state index contributed by atoms with van der Waals surface area (Å²) in [5.41, 5.74) is 6.79. The molecule has 1 aliphatic rings. The number of carbonyl (C=O) groups excluding carboxylic acids is 2. The van der Waals surface area contributed by atoms with Crippen LogP contribution in [0.4, 0.5) is 4.39 Å². The molecule has 0 saturated carbocycles. The van der Waals surface area contributed by atoms with Crippen LogP contribution in [-0.2, 0) is 4.79 Å². The minimum Gasteiger partial charge on any atom is -0.337 e. The molecule has 144 valence electrons. The second kappa shape index (κ2) is 9.17. The van der Waals surface area contributed by atoms with Gasteiger partial charge in [0.05, 0.1) is 5.56 Å². The van der Waals surface area contributed by atoms with E-state index >= 15 is 0 Å². The lowest BCUT2D eigenvalue weighted by Crippen LogP contribution is -2.52. The number of hydrogen-bond acceptors (Lipinski definition) is 3. The molecule has 2 amide bonds. The minimum absolute atomic E-state index is 0. The van der Waals surface area contributed by atoms with Crippen LogP contribution in [0.2, 0.25) is 5.02 Å². The van der Waals surface area contributed by atoms with Crippen molar-refractivity contribution < 1.29 is 14.0 Å². The Morgan fingerprint density at radius 3 is 2.19 bits per heavy atom.